The highest BCUT2D eigenvalue weighted by Gasteiger charge is 2.27. The Morgan fingerprint density at radius 1 is 1.19 bits per heavy atom. The zero-order valence-electron chi connectivity index (χ0n) is 16.4. The number of thiocarbonyl (C=S) groups is 1. The van der Waals surface area contributed by atoms with Gasteiger partial charge in [-0.05, 0) is 32.4 Å². The summed E-state index contributed by atoms with van der Waals surface area (Å²) in [5, 5.41) is 12.2. The van der Waals surface area contributed by atoms with Crippen molar-refractivity contribution in [3.05, 3.63) is 0 Å². The number of amides is 1. The van der Waals surface area contributed by atoms with E-state index < -0.39 is 4.75 Å². The molecule has 154 valence electrons. The first-order chi connectivity index (χ1) is 12.8. The molecule has 0 bridgehead atoms. The Hall–Kier alpha value is -0.660. The molecule has 0 saturated carbocycles. The maximum atomic E-state index is 11.9. The fourth-order valence-corrected chi connectivity index (χ4v) is 4.75. The van der Waals surface area contributed by atoms with E-state index in [0.717, 1.165) is 15.7 Å². The van der Waals surface area contributed by atoms with Crippen LogP contribution in [0.5, 0.6) is 0 Å². The van der Waals surface area contributed by atoms with Gasteiger partial charge in [-0.2, -0.15) is 5.26 Å². The van der Waals surface area contributed by atoms with Crippen LogP contribution in [0.3, 0.4) is 0 Å². The third kappa shape index (κ3) is 16.0. The lowest BCUT2D eigenvalue weighted by molar-refractivity contribution is -0.121. The molecule has 0 saturated heterocycles. The van der Waals surface area contributed by atoms with Crippen LogP contribution in [0.2, 0.25) is 0 Å². The van der Waals surface area contributed by atoms with Crippen LogP contribution in [0, 0.1) is 11.3 Å². The SMILES string of the molecule is CCSC(=S)SC(C)(C#N)CCC(=O)NCCOCCCOCCC(C)=O. The smallest absolute Gasteiger partial charge is 0.220 e. The minimum Gasteiger partial charge on any atom is -0.381 e. The second-order valence-corrected chi connectivity index (χ2v) is 9.98. The average Bonchev–Trinajstić information content (AvgIpc) is 2.61. The van der Waals surface area contributed by atoms with E-state index in [1.54, 1.807) is 6.92 Å². The number of Topliss-reactive ketones (excluding diaryl/α,β-unsaturated/α-hetero) is 1. The molecule has 0 rings (SSSR count). The molecule has 0 aliphatic rings. The van der Waals surface area contributed by atoms with Gasteiger partial charge in [0.25, 0.3) is 0 Å². The summed E-state index contributed by atoms with van der Waals surface area (Å²) in [4.78, 5) is 22.6. The van der Waals surface area contributed by atoms with Gasteiger partial charge in [0.05, 0.1) is 19.3 Å². The largest absolute Gasteiger partial charge is 0.381 e. The van der Waals surface area contributed by atoms with Crippen molar-refractivity contribution in [2.75, 3.05) is 38.7 Å². The van der Waals surface area contributed by atoms with Crippen molar-refractivity contribution < 1.29 is 19.1 Å². The van der Waals surface area contributed by atoms with Gasteiger partial charge in [-0.3, -0.25) is 9.59 Å². The number of nitrogens with one attached hydrogen (secondary N) is 1. The van der Waals surface area contributed by atoms with Gasteiger partial charge in [-0.15, -0.1) is 11.8 Å². The van der Waals surface area contributed by atoms with E-state index in [1.165, 1.54) is 23.5 Å². The number of nitrogens with zero attached hydrogens (tertiary/aromatic N) is 1. The molecule has 1 N–H and O–H groups in total. The van der Waals surface area contributed by atoms with Crippen LogP contribution in [0.25, 0.3) is 0 Å². The number of rotatable bonds is 15. The zero-order valence-corrected chi connectivity index (χ0v) is 18.8. The van der Waals surface area contributed by atoms with Crippen LogP contribution < -0.4 is 5.32 Å². The summed E-state index contributed by atoms with van der Waals surface area (Å²) in [7, 11) is 0. The normalized spacial score (nSPS) is 12.8. The third-order valence-corrected chi connectivity index (χ3v) is 6.02. The van der Waals surface area contributed by atoms with Gasteiger partial charge in [0.2, 0.25) is 5.91 Å². The molecule has 0 fully saturated rings. The first kappa shape index (κ1) is 26.3. The minimum atomic E-state index is -0.685. The lowest BCUT2D eigenvalue weighted by Gasteiger charge is -2.20. The highest BCUT2D eigenvalue weighted by Crippen LogP contribution is 2.34. The molecule has 1 amide bonds. The van der Waals surface area contributed by atoms with Crippen molar-refractivity contribution in [2.24, 2.45) is 0 Å². The first-order valence-electron chi connectivity index (χ1n) is 9.01. The summed E-state index contributed by atoms with van der Waals surface area (Å²) in [5.74, 6) is 0.902. The zero-order chi connectivity index (χ0) is 20.5. The van der Waals surface area contributed by atoms with E-state index in [4.69, 9.17) is 21.7 Å². The fourth-order valence-electron chi connectivity index (χ4n) is 1.85. The second kappa shape index (κ2) is 16.3. The predicted molar refractivity (Wildman–Crippen MR) is 116 cm³/mol. The van der Waals surface area contributed by atoms with E-state index in [-0.39, 0.29) is 18.1 Å². The van der Waals surface area contributed by atoms with Crippen LogP contribution in [-0.4, -0.2) is 58.7 Å². The first-order valence-corrected chi connectivity index (χ1v) is 11.2. The second-order valence-electron chi connectivity index (χ2n) is 6.01. The molecule has 0 aliphatic heterocycles. The number of carbonyl (C=O) groups is 2. The molecule has 0 aromatic heterocycles. The summed E-state index contributed by atoms with van der Waals surface area (Å²) in [6.07, 6.45) is 1.92. The van der Waals surface area contributed by atoms with Crippen molar-refractivity contribution in [3.63, 3.8) is 0 Å². The van der Waals surface area contributed by atoms with Crippen LogP contribution in [0.1, 0.15) is 46.5 Å². The maximum Gasteiger partial charge on any atom is 0.220 e. The van der Waals surface area contributed by atoms with Crippen molar-refractivity contribution in [1.82, 2.24) is 5.32 Å². The molecular formula is C18H30N2O4S3. The standard InChI is InChI=1S/C18H30N2O4S3/c1-4-26-17(25)27-18(3,14-19)8-6-16(22)20-9-13-24-11-5-10-23-12-7-15(2)21/h4-13H2,1-3H3,(H,20,22). The number of hydrogen-bond acceptors (Lipinski definition) is 8. The predicted octanol–water partition coefficient (Wildman–Crippen LogP) is 3.34. The Morgan fingerprint density at radius 3 is 2.44 bits per heavy atom. The van der Waals surface area contributed by atoms with E-state index in [1.807, 2.05) is 13.8 Å². The summed E-state index contributed by atoms with van der Waals surface area (Å²) < 4.78 is 10.8. The van der Waals surface area contributed by atoms with Crippen molar-refractivity contribution in [3.8, 4) is 6.07 Å². The number of ether oxygens (including phenoxy) is 2. The molecule has 1 atom stereocenters. The van der Waals surface area contributed by atoms with Crippen molar-refractivity contribution in [2.45, 2.75) is 51.2 Å². The maximum absolute atomic E-state index is 11.9. The van der Waals surface area contributed by atoms with Gasteiger partial charge < -0.3 is 14.8 Å². The van der Waals surface area contributed by atoms with Crippen LogP contribution in [0.15, 0.2) is 0 Å². The molecule has 0 radical (unpaired) electrons. The number of ketones is 1. The molecule has 27 heavy (non-hydrogen) atoms. The van der Waals surface area contributed by atoms with E-state index in [2.05, 4.69) is 11.4 Å². The Kier molecular flexibility index (Phi) is 15.9. The van der Waals surface area contributed by atoms with Gasteiger partial charge in [-0.25, -0.2) is 0 Å². The molecular weight excluding hydrogens is 404 g/mol. The van der Waals surface area contributed by atoms with Crippen LogP contribution in [-0.2, 0) is 19.1 Å². The van der Waals surface area contributed by atoms with E-state index >= 15 is 0 Å². The summed E-state index contributed by atoms with van der Waals surface area (Å²) in [6.45, 7) is 7.79. The van der Waals surface area contributed by atoms with Gasteiger partial charge in [0.1, 0.15) is 14.1 Å². The lowest BCUT2D eigenvalue weighted by atomic mass is 10.1. The molecule has 0 spiro atoms. The van der Waals surface area contributed by atoms with Gasteiger partial charge in [0.15, 0.2) is 0 Å². The molecule has 0 aliphatic carbocycles. The van der Waals surface area contributed by atoms with Crippen LogP contribution in [0.4, 0.5) is 0 Å². The van der Waals surface area contributed by atoms with Gasteiger partial charge in [0, 0.05) is 32.6 Å². The number of hydrogen-bond donors (Lipinski definition) is 1. The molecule has 9 heteroatoms. The van der Waals surface area contributed by atoms with E-state index in [0.29, 0.717) is 45.8 Å². The Morgan fingerprint density at radius 2 is 1.85 bits per heavy atom. The lowest BCUT2D eigenvalue weighted by Crippen LogP contribution is -2.29. The molecule has 0 heterocycles. The summed E-state index contributed by atoms with van der Waals surface area (Å²) in [6, 6.07) is 2.26. The molecule has 0 aromatic rings. The Bertz CT molecular complexity index is 511. The molecule has 1 unspecified atom stereocenters. The highest BCUT2D eigenvalue weighted by molar-refractivity contribution is 8.47. The Labute approximate surface area is 176 Å². The minimum absolute atomic E-state index is 0.0951. The monoisotopic (exact) mass is 434 g/mol. The number of carbonyl (C=O) groups excluding carboxylic acids is 2. The van der Waals surface area contributed by atoms with Crippen molar-refractivity contribution in [1.29, 1.82) is 5.26 Å². The summed E-state index contributed by atoms with van der Waals surface area (Å²) in [5.41, 5.74) is 0. The van der Waals surface area contributed by atoms with Gasteiger partial charge >= 0.3 is 0 Å². The average molecular weight is 435 g/mol. The topological polar surface area (TPSA) is 88.4 Å². The molecule has 6 nitrogen and oxygen atoms in total. The number of nitriles is 1. The fraction of sp³-hybridized carbons (Fsp3) is 0.778. The van der Waals surface area contributed by atoms with Gasteiger partial charge in [-0.1, -0.05) is 30.9 Å². The quantitative estimate of drug-likeness (QED) is 0.310. The Balaban J connectivity index is 3.72. The molecule has 0 aromatic carbocycles. The van der Waals surface area contributed by atoms with E-state index in [9.17, 15) is 14.9 Å². The van der Waals surface area contributed by atoms with Crippen molar-refractivity contribution >= 4 is 51.0 Å². The highest BCUT2D eigenvalue weighted by atomic mass is 32.2. The van der Waals surface area contributed by atoms with Crippen LogP contribution >= 0.6 is 35.7 Å². The number of thioether (sulfide) groups is 2. The summed E-state index contributed by atoms with van der Waals surface area (Å²) >= 11 is 8.13. The third-order valence-electron chi connectivity index (χ3n) is 3.38.